The van der Waals surface area contributed by atoms with Crippen LogP contribution < -0.4 is 5.32 Å². The Balaban J connectivity index is 1.29. The van der Waals surface area contributed by atoms with Crippen LogP contribution in [0, 0.1) is 5.92 Å². The number of nitrogens with one attached hydrogen (secondary N) is 1. The van der Waals surface area contributed by atoms with Crippen molar-refractivity contribution < 1.29 is 18.8 Å². The summed E-state index contributed by atoms with van der Waals surface area (Å²) >= 11 is 6.03. The molecule has 2 aromatic carbocycles. The van der Waals surface area contributed by atoms with Gasteiger partial charge in [0.1, 0.15) is 0 Å². The Hall–Kier alpha value is -3.23. The highest BCUT2D eigenvalue weighted by Crippen LogP contribution is 2.23. The molecule has 0 bridgehead atoms. The Morgan fingerprint density at radius 3 is 2.72 bits per heavy atom. The SMILES string of the molecule is COC(=O)c1cccc(NC(=O)C2CCN(Cc3nc(-c4cccc(Cl)c4)no3)CC2)c1. The third-order valence-corrected chi connectivity index (χ3v) is 5.65. The van der Waals surface area contributed by atoms with Crippen molar-refractivity contribution in [1.29, 1.82) is 0 Å². The Morgan fingerprint density at radius 2 is 1.97 bits per heavy atom. The first-order valence-corrected chi connectivity index (χ1v) is 10.7. The molecule has 1 aliphatic heterocycles. The van der Waals surface area contributed by atoms with Crippen molar-refractivity contribution in [2.75, 3.05) is 25.5 Å². The number of amides is 1. The minimum absolute atomic E-state index is 0.0484. The van der Waals surface area contributed by atoms with E-state index in [-0.39, 0.29) is 11.8 Å². The van der Waals surface area contributed by atoms with Gasteiger partial charge in [0.2, 0.25) is 17.6 Å². The summed E-state index contributed by atoms with van der Waals surface area (Å²) in [5.41, 5.74) is 1.79. The predicted octanol–water partition coefficient (Wildman–Crippen LogP) is 4.03. The van der Waals surface area contributed by atoms with Crippen molar-refractivity contribution in [3.8, 4) is 11.4 Å². The summed E-state index contributed by atoms with van der Waals surface area (Å²) in [6.07, 6.45) is 1.44. The summed E-state index contributed by atoms with van der Waals surface area (Å²) in [4.78, 5) is 31.0. The number of carbonyl (C=O) groups excluding carboxylic acids is 2. The van der Waals surface area contributed by atoms with Gasteiger partial charge in [0.05, 0.1) is 19.2 Å². The molecule has 4 rings (SSSR count). The smallest absolute Gasteiger partial charge is 0.337 e. The molecule has 1 amide bonds. The molecular weight excluding hydrogens is 432 g/mol. The van der Waals surface area contributed by atoms with Crippen LogP contribution in [-0.2, 0) is 16.1 Å². The lowest BCUT2D eigenvalue weighted by molar-refractivity contribution is -0.121. The van der Waals surface area contributed by atoms with Crippen LogP contribution in [0.25, 0.3) is 11.4 Å². The molecule has 1 aliphatic rings. The number of nitrogens with zero attached hydrogens (tertiary/aromatic N) is 3. The molecule has 1 N–H and O–H groups in total. The first kappa shape index (κ1) is 22.0. The fourth-order valence-electron chi connectivity index (χ4n) is 3.69. The molecule has 32 heavy (non-hydrogen) atoms. The number of anilines is 1. The van der Waals surface area contributed by atoms with Crippen molar-refractivity contribution in [3.05, 3.63) is 65.0 Å². The van der Waals surface area contributed by atoms with E-state index in [2.05, 4.69) is 20.4 Å². The first-order valence-electron chi connectivity index (χ1n) is 10.3. The number of hydrogen-bond acceptors (Lipinski definition) is 7. The van der Waals surface area contributed by atoms with Gasteiger partial charge in [-0.3, -0.25) is 9.69 Å². The number of rotatable bonds is 6. The molecule has 1 aromatic heterocycles. The van der Waals surface area contributed by atoms with Gasteiger partial charge < -0.3 is 14.6 Å². The average molecular weight is 455 g/mol. The van der Waals surface area contributed by atoms with Gasteiger partial charge in [-0.1, -0.05) is 35.0 Å². The van der Waals surface area contributed by atoms with Crippen LogP contribution in [0.1, 0.15) is 29.1 Å². The number of methoxy groups -OCH3 is 1. The number of esters is 1. The van der Waals surface area contributed by atoms with Crippen LogP contribution in [0.5, 0.6) is 0 Å². The van der Waals surface area contributed by atoms with E-state index < -0.39 is 5.97 Å². The normalized spacial score (nSPS) is 14.8. The van der Waals surface area contributed by atoms with Crippen LogP contribution in [0.2, 0.25) is 5.02 Å². The Labute approximate surface area is 190 Å². The van der Waals surface area contributed by atoms with E-state index >= 15 is 0 Å². The van der Waals surface area contributed by atoms with Crippen molar-refractivity contribution in [2.45, 2.75) is 19.4 Å². The number of aromatic nitrogens is 2. The molecule has 0 saturated carbocycles. The van der Waals surface area contributed by atoms with Gasteiger partial charge in [-0.2, -0.15) is 4.98 Å². The molecule has 0 spiro atoms. The van der Waals surface area contributed by atoms with Gasteiger partial charge in [-0.05, 0) is 56.3 Å². The molecule has 1 fully saturated rings. The molecular formula is C23H23ClN4O4. The zero-order valence-corrected chi connectivity index (χ0v) is 18.3. The Bertz CT molecular complexity index is 1110. The zero-order chi connectivity index (χ0) is 22.5. The maximum atomic E-state index is 12.7. The summed E-state index contributed by atoms with van der Waals surface area (Å²) in [5, 5.41) is 7.56. The van der Waals surface area contributed by atoms with E-state index in [1.807, 2.05) is 12.1 Å². The summed E-state index contributed by atoms with van der Waals surface area (Å²) in [6.45, 7) is 2.02. The van der Waals surface area contributed by atoms with Gasteiger partial charge in [0.25, 0.3) is 0 Å². The van der Waals surface area contributed by atoms with Gasteiger partial charge in [-0.15, -0.1) is 0 Å². The lowest BCUT2D eigenvalue weighted by atomic mass is 9.95. The average Bonchev–Trinajstić information content (AvgIpc) is 3.27. The van der Waals surface area contributed by atoms with E-state index in [1.165, 1.54) is 7.11 Å². The molecule has 1 saturated heterocycles. The fourth-order valence-corrected chi connectivity index (χ4v) is 3.88. The first-order chi connectivity index (χ1) is 15.5. The maximum absolute atomic E-state index is 12.7. The van der Waals surface area contributed by atoms with Gasteiger partial charge in [0.15, 0.2) is 0 Å². The van der Waals surface area contributed by atoms with Gasteiger partial charge in [-0.25, -0.2) is 4.79 Å². The number of hydrogen-bond donors (Lipinski definition) is 1. The number of halogens is 1. The molecule has 2 heterocycles. The van der Waals surface area contributed by atoms with Crippen molar-refractivity contribution in [2.24, 2.45) is 5.92 Å². The zero-order valence-electron chi connectivity index (χ0n) is 17.6. The predicted molar refractivity (Wildman–Crippen MR) is 119 cm³/mol. The Kier molecular flexibility index (Phi) is 6.82. The molecule has 0 unspecified atom stereocenters. The number of benzene rings is 2. The quantitative estimate of drug-likeness (QED) is 0.561. The van der Waals surface area contributed by atoms with Crippen LogP contribution >= 0.6 is 11.6 Å². The number of likely N-dealkylation sites (tertiary alicyclic amines) is 1. The highest BCUT2D eigenvalue weighted by atomic mass is 35.5. The molecule has 0 aliphatic carbocycles. The lowest BCUT2D eigenvalue weighted by Gasteiger charge is -2.30. The van der Waals surface area contributed by atoms with E-state index in [1.54, 1.807) is 36.4 Å². The third kappa shape index (κ3) is 5.33. The monoisotopic (exact) mass is 454 g/mol. The van der Waals surface area contributed by atoms with Crippen molar-refractivity contribution in [1.82, 2.24) is 15.0 Å². The second-order valence-corrected chi connectivity index (χ2v) is 8.07. The minimum Gasteiger partial charge on any atom is -0.465 e. The highest BCUT2D eigenvalue weighted by molar-refractivity contribution is 6.30. The third-order valence-electron chi connectivity index (χ3n) is 5.42. The van der Waals surface area contributed by atoms with Crippen molar-refractivity contribution in [3.63, 3.8) is 0 Å². The van der Waals surface area contributed by atoms with Gasteiger partial charge in [0, 0.05) is 22.2 Å². The summed E-state index contributed by atoms with van der Waals surface area (Å²) in [5.74, 6) is 0.452. The van der Waals surface area contributed by atoms with Gasteiger partial charge >= 0.3 is 5.97 Å². The number of ether oxygens (including phenoxy) is 1. The van der Waals surface area contributed by atoms with E-state index in [0.29, 0.717) is 34.5 Å². The summed E-state index contributed by atoms with van der Waals surface area (Å²) < 4.78 is 10.1. The second kappa shape index (κ2) is 9.93. The maximum Gasteiger partial charge on any atom is 0.337 e. The Morgan fingerprint density at radius 1 is 1.19 bits per heavy atom. The minimum atomic E-state index is -0.436. The topological polar surface area (TPSA) is 97.6 Å². The molecule has 8 nitrogen and oxygen atoms in total. The fraction of sp³-hybridized carbons (Fsp3) is 0.304. The molecule has 0 atom stereocenters. The highest BCUT2D eigenvalue weighted by Gasteiger charge is 2.26. The van der Waals surface area contributed by atoms with Crippen LogP contribution in [0.4, 0.5) is 5.69 Å². The lowest BCUT2D eigenvalue weighted by Crippen LogP contribution is -2.37. The van der Waals surface area contributed by atoms with E-state index in [0.717, 1.165) is 31.5 Å². The number of carbonyl (C=O) groups is 2. The van der Waals surface area contributed by atoms with E-state index in [4.69, 9.17) is 20.9 Å². The molecule has 9 heteroatoms. The van der Waals surface area contributed by atoms with Crippen LogP contribution in [0.15, 0.2) is 53.1 Å². The molecule has 0 radical (unpaired) electrons. The largest absolute Gasteiger partial charge is 0.465 e. The van der Waals surface area contributed by atoms with Crippen LogP contribution in [-0.4, -0.2) is 47.1 Å². The van der Waals surface area contributed by atoms with Crippen LogP contribution in [0.3, 0.4) is 0 Å². The second-order valence-electron chi connectivity index (χ2n) is 7.63. The molecule has 3 aromatic rings. The van der Waals surface area contributed by atoms with E-state index in [9.17, 15) is 9.59 Å². The molecule has 166 valence electrons. The van der Waals surface area contributed by atoms with Crippen molar-refractivity contribution >= 4 is 29.2 Å². The number of piperidine rings is 1. The standard InChI is InChI=1S/C23H23ClN4O4/c1-31-23(30)17-5-3-7-19(13-17)25-22(29)15-8-10-28(11-9-15)14-20-26-21(27-32-20)16-4-2-6-18(24)12-16/h2-7,12-13,15H,8-11,14H2,1H3,(H,25,29). The summed E-state index contributed by atoms with van der Waals surface area (Å²) in [6, 6.07) is 14.0. The summed E-state index contributed by atoms with van der Waals surface area (Å²) in [7, 11) is 1.33.